The fraction of sp³-hybridized carbons (Fsp3) is 0.300. The number of aromatic nitrogens is 1. The average molecular weight is 389 g/mol. The normalized spacial score (nSPS) is 16.7. The summed E-state index contributed by atoms with van der Waals surface area (Å²) in [5.74, 6) is 0. The van der Waals surface area contributed by atoms with E-state index < -0.39 is 17.4 Å². The molecule has 0 aliphatic carbocycles. The fourth-order valence-corrected chi connectivity index (χ4v) is 4.70. The summed E-state index contributed by atoms with van der Waals surface area (Å²) >= 11 is 0. The molecule has 2 heterocycles. The summed E-state index contributed by atoms with van der Waals surface area (Å²) in [7, 11) is -1.59. The van der Waals surface area contributed by atoms with Crippen molar-refractivity contribution in [2.75, 3.05) is 18.4 Å². The third kappa shape index (κ3) is 3.61. The molecule has 1 fully saturated rings. The summed E-state index contributed by atoms with van der Waals surface area (Å²) in [6.45, 7) is 1.82. The number of rotatable bonds is 5. The van der Waals surface area contributed by atoms with E-state index in [0.717, 1.165) is 25.9 Å². The number of hydrogen-bond acceptors (Lipinski definition) is 3. The van der Waals surface area contributed by atoms with E-state index in [9.17, 15) is 13.0 Å². The minimum absolute atomic E-state index is 0.0914. The second-order valence-electron chi connectivity index (χ2n) is 6.64. The molecule has 1 aromatic heterocycles. The van der Waals surface area contributed by atoms with Crippen LogP contribution < -0.4 is 10.6 Å². The van der Waals surface area contributed by atoms with Gasteiger partial charge in [-0.2, -0.15) is 0 Å². The average Bonchev–Trinajstić information content (AvgIpc) is 3.10. The number of nitrogens with one attached hydrogen (secondary N) is 2. The molecule has 0 radical (unpaired) electrons. The lowest BCUT2D eigenvalue weighted by molar-refractivity contribution is 0.153. The van der Waals surface area contributed by atoms with Crippen LogP contribution in [-0.4, -0.2) is 27.3 Å². The molecule has 3 aromatic rings. The largest absolute Gasteiger partial charge is 0.382 e. The quantitative estimate of drug-likeness (QED) is 0.683. The summed E-state index contributed by atoms with van der Waals surface area (Å²) in [6, 6.07) is 14.5. The molecule has 0 amide bonds. The molecule has 1 atom stereocenters. The van der Waals surface area contributed by atoms with Crippen molar-refractivity contribution in [3.8, 4) is 0 Å². The van der Waals surface area contributed by atoms with Crippen LogP contribution in [0.15, 0.2) is 59.6 Å². The Balaban J connectivity index is 1.80. The molecule has 1 aliphatic heterocycles. The minimum atomic E-state index is -2.64. The van der Waals surface area contributed by atoms with Gasteiger partial charge in [0.15, 0.2) is 11.0 Å². The van der Waals surface area contributed by atoms with Gasteiger partial charge >= 0.3 is 0 Å². The van der Waals surface area contributed by atoms with E-state index in [1.54, 1.807) is 30.3 Å². The monoisotopic (exact) mass is 389 g/mol. The van der Waals surface area contributed by atoms with Crippen LogP contribution in [0.5, 0.6) is 0 Å². The zero-order chi connectivity index (χ0) is 18.8. The van der Waals surface area contributed by atoms with E-state index in [1.807, 2.05) is 18.2 Å². The third-order valence-electron chi connectivity index (χ3n) is 4.88. The topological polar surface area (TPSA) is 46.1 Å². The van der Waals surface area contributed by atoms with Gasteiger partial charge < -0.3 is 10.6 Å². The lowest BCUT2D eigenvalue weighted by Gasteiger charge is -2.25. The van der Waals surface area contributed by atoms with Crippen molar-refractivity contribution >= 4 is 27.6 Å². The van der Waals surface area contributed by atoms with Crippen molar-refractivity contribution < 1.29 is 13.0 Å². The Labute approximate surface area is 159 Å². The Morgan fingerprint density at radius 2 is 1.81 bits per heavy atom. The number of benzene rings is 2. The third-order valence-corrected chi connectivity index (χ3v) is 6.22. The zero-order valence-corrected chi connectivity index (χ0v) is 15.5. The molecular formula is C20H21F2N3OS. The molecule has 0 saturated carbocycles. The Hall–Kier alpha value is -2.25. The van der Waals surface area contributed by atoms with Crippen molar-refractivity contribution in [3.05, 3.63) is 60.3 Å². The molecule has 27 heavy (non-hydrogen) atoms. The van der Waals surface area contributed by atoms with Crippen molar-refractivity contribution in [2.45, 2.75) is 30.2 Å². The number of piperidine rings is 1. The molecule has 1 aliphatic rings. The number of hydrogen-bond donors (Lipinski definition) is 2. The van der Waals surface area contributed by atoms with Gasteiger partial charge in [-0.05, 0) is 50.2 Å². The second-order valence-corrected chi connectivity index (χ2v) is 8.00. The maximum absolute atomic E-state index is 13.8. The Morgan fingerprint density at radius 1 is 1.07 bits per heavy atom. The standard InChI is InChI=1S/C20H21F2N3OS/c21-20(22)16-13-25(27(26)15-5-2-1-3-6-15)18-8-4-7-17(19(16)18)24-14-9-11-23-12-10-14/h1-8,13-14,20,23-24H,9-12H2. The SMILES string of the molecule is O=S(c1ccccc1)n1cc(C(F)F)c2c(NC3CCNCC3)cccc21. The van der Waals surface area contributed by atoms with Crippen LogP contribution in [0.3, 0.4) is 0 Å². The minimum Gasteiger partial charge on any atom is -0.382 e. The van der Waals surface area contributed by atoms with Crippen LogP contribution in [0.25, 0.3) is 10.9 Å². The highest BCUT2D eigenvalue weighted by atomic mass is 32.2. The lowest BCUT2D eigenvalue weighted by atomic mass is 10.0. The summed E-state index contributed by atoms with van der Waals surface area (Å²) in [5.41, 5.74) is 1.14. The molecule has 0 spiro atoms. The molecule has 2 N–H and O–H groups in total. The van der Waals surface area contributed by atoms with Gasteiger partial charge in [-0.3, -0.25) is 3.97 Å². The van der Waals surface area contributed by atoms with Gasteiger partial charge in [0.1, 0.15) is 0 Å². The van der Waals surface area contributed by atoms with E-state index >= 15 is 0 Å². The Kier molecular flexibility index (Phi) is 5.22. The molecule has 0 bridgehead atoms. The molecular weight excluding hydrogens is 368 g/mol. The number of nitrogens with zero attached hydrogens (tertiary/aromatic N) is 1. The molecule has 4 rings (SSSR count). The van der Waals surface area contributed by atoms with E-state index in [-0.39, 0.29) is 11.6 Å². The molecule has 2 aromatic carbocycles. The number of anilines is 1. The first-order valence-corrected chi connectivity index (χ1v) is 10.1. The van der Waals surface area contributed by atoms with Crippen molar-refractivity contribution in [1.29, 1.82) is 0 Å². The molecule has 1 unspecified atom stereocenters. The smallest absolute Gasteiger partial charge is 0.266 e. The zero-order valence-electron chi connectivity index (χ0n) is 14.7. The Bertz CT molecular complexity index is 953. The summed E-state index contributed by atoms with van der Waals surface area (Å²) < 4.78 is 42.0. The lowest BCUT2D eigenvalue weighted by Crippen LogP contribution is -2.35. The first-order chi connectivity index (χ1) is 13.1. The maximum Gasteiger partial charge on any atom is 0.266 e. The highest BCUT2D eigenvalue weighted by molar-refractivity contribution is 7.83. The van der Waals surface area contributed by atoms with Gasteiger partial charge in [0.25, 0.3) is 6.43 Å². The first-order valence-electron chi connectivity index (χ1n) is 9.02. The summed E-state index contributed by atoms with van der Waals surface area (Å²) in [4.78, 5) is 0.576. The van der Waals surface area contributed by atoms with Crippen LogP contribution in [0.2, 0.25) is 0 Å². The van der Waals surface area contributed by atoms with Crippen LogP contribution in [0.4, 0.5) is 14.5 Å². The van der Waals surface area contributed by atoms with Gasteiger partial charge in [-0.1, -0.05) is 24.3 Å². The predicted octanol–water partition coefficient (Wildman–Crippen LogP) is 4.31. The predicted molar refractivity (Wildman–Crippen MR) is 105 cm³/mol. The van der Waals surface area contributed by atoms with E-state index in [1.165, 1.54) is 10.2 Å². The van der Waals surface area contributed by atoms with Gasteiger partial charge in [0.05, 0.1) is 10.4 Å². The van der Waals surface area contributed by atoms with Crippen LogP contribution in [-0.2, 0) is 11.0 Å². The molecule has 142 valence electrons. The second kappa shape index (κ2) is 7.78. The summed E-state index contributed by atoms with van der Waals surface area (Å²) in [5, 5.41) is 7.18. The van der Waals surface area contributed by atoms with Gasteiger partial charge in [0, 0.05) is 28.9 Å². The van der Waals surface area contributed by atoms with E-state index in [2.05, 4.69) is 10.6 Å². The van der Waals surface area contributed by atoms with E-state index in [0.29, 0.717) is 21.5 Å². The number of halogens is 2. The number of fused-ring (bicyclic) bond motifs is 1. The molecule has 4 nitrogen and oxygen atoms in total. The number of alkyl halides is 2. The summed E-state index contributed by atoms with van der Waals surface area (Å²) in [6.07, 6.45) is 0.567. The van der Waals surface area contributed by atoms with Crippen molar-refractivity contribution in [1.82, 2.24) is 9.29 Å². The van der Waals surface area contributed by atoms with Crippen molar-refractivity contribution in [2.24, 2.45) is 0 Å². The van der Waals surface area contributed by atoms with Gasteiger partial charge in [-0.15, -0.1) is 0 Å². The maximum atomic E-state index is 13.8. The molecule has 1 saturated heterocycles. The van der Waals surface area contributed by atoms with E-state index in [4.69, 9.17) is 0 Å². The van der Waals surface area contributed by atoms with Crippen LogP contribution >= 0.6 is 0 Å². The highest BCUT2D eigenvalue weighted by Gasteiger charge is 2.23. The fourth-order valence-electron chi connectivity index (χ4n) is 3.55. The van der Waals surface area contributed by atoms with Crippen LogP contribution in [0, 0.1) is 0 Å². The first kappa shape index (κ1) is 18.1. The van der Waals surface area contributed by atoms with Gasteiger partial charge in [0.2, 0.25) is 0 Å². The van der Waals surface area contributed by atoms with Gasteiger partial charge in [-0.25, -0.2) is 13.0 Å². The van der Waals surface area contributed by atoms with Crippen molar-refractivity contribution in [3.63, 3.8) is 0 Å². The highest BCUT2D eigenvalue weighted by Crippen LogP contribution is 2.36. The molecule has 7 heteroatoms. The van der Waals surface area contributed by atoms with Crippen LogP contribution in [0.1, 0.15) is 24.8 Å². The Morgan fingerprint density at radius 3 is 2.52 bits per heavy atom.